The normalized spacial score (nSPS) is 14.6. The van der Waals surface area contributed by atoms with Crippen LogP contribution in [0.5, 0.6) is 17.2 Å². The fraction of sp³-hybridized carbons (Fsp3) is 0.259. The predicted octanol–water partition coefficient (Wildman–Crippen LogP) is 3.35. The molecule has 1 atom stereocenters. The van der Waals surface area contributed by atoms with Gasteiger partial charge in [-0.05, 0) is 65.8 Å². The number of hydrazone groups is 1. The Kier molecular flexibility index (Phi) is 10.7. The lowest BCUT2D eigenvalue weighted by Crippen LogP contribution is -2.45. The van der Waals surface area contributed by atoms with Crippen LogP contribution >= 0.6 is 28.1 Å². The van der Waals surface area contributed by atoms with Crippen LogP contribution in [0.15, 0.2) is 57.2 Å². The van der Waals surface area contributed by atoms with Crippen molar-refractivity contribution in [3.05, 3.63) is 63.3 Å². The molecule has 3 N–H and O–H groups in total. The first-order valence-electron chi connectivity index (χ1n) is 11.7. The van der Waals surface area contributed by atoms with Crippen LogP contribution in [0.2, 0.25) is 0 Å². The number of benzene rings is 2. The largest absolute Gasteiger partial charge is 0.493 e. The molecule has 1 aliphatic heterocycles. The van der Waals surface area contributed by atoms with Crippen LogP contribution in [0.3, 0.4) is 0 Å². The van der Waals surface area contributed by atoms with E-state index in [0.29, 0.717) is 49.2 Å². The number of terminal acetylenes is 1. The van der Waals surface area contributed by atoms with Gasteiger partial charge in [0, 0.05) is 11.3 Å². The van der Waals surface area contributed by atoms with Crippen LogP contribution in [0.25, 0.3) is 0 Å². The first kappa shape index (κ1) is 29.5. The Morgan fingerprint density at radius 1 is 1.26 bits per heavy atom. The summed E-state index contributed by atoms with van der Waals surface area (Å²) in [5.41, 5.74) is 4.62. The minimum atomic E-state index is -0.629. The number of nitrogens with zero attached hydrogens (tertiary/aromatic N) is 1. The molecule has 0 fully saturated rings. The molecule has 10 nitrogen and oxygen atoms in total. The fourth-order valence-electron chi connectivity index (χ4n) is 3.68. The summed E-state index contributed by atoms with van der Waals surface area (Å²) in [5, 5.41) is 10.4. The predicted molar refractivity (Wildman–Crippen MR) is 154 cm³/mol. The highest BCUT2D eigenvalue weighted by Crippen LogP contribution is 2.36. The van der Waals surface area contributed by atoms with Gasteiger partial charge in [-0.15, -0.1) is 6.42 Å². The highest BCUT2D eigenvalue weighted by atomic mass is 79.9. The number of amides is 1. The van der Waals surface area contributed by atoms with E-state index < -0.39 is 17.9 Å². The van der Waals surface area contributed by atoms with Gasteiger partial charge in [-0.3, -0.25) is 4.79 Å². The van der Waals surface area contributed by atoms with Gasteiger partial charge in [0.1, 0.15) is 12.4 Å². The molecule has 0 spiro atoms. The summed E-state index contributed by atoms with van der Waals surface area (Å²) < 4.78 is 22.5. The van der Waals surface area contributed by atoms with Gasteiger partial charge in [0.2, 0.25) is 0 Å². The second kappa shape index (κ2) is 14.2. The minimum Gasteiger partial charge on any atom is -0.493 e. The quantitative estimate of drug-likeness (QED) is 0.115. The van der Waals surface area contributed by atoms with Crippen LogP contribution in [-0.4, -0.2) is 50.1 Å². The van der Waals surface area contributed by atoms with Gasteiger partial charge in [-0.2, -0.15) is 5.10 Å². The summed E-state index contributed by atoms with van der Waals surface area (Å²) in [5.74, 6) is 2.73. The van der Waals surface area contributed by atoms with Gasteiger partial charge in [-0.1, -0.05) is 24.1 Å². The van der Waals surface area contributed by atoms with Crippen molar-refractivity contribution < 1.29 is 28.5 Å². The average molecular weight is 616 g/mol. The fourth-order valence-corrected chi connectivity index (χ4v) is 4.52. The van der Waals surface area contributed by atoms with Crippen molar-refractivity contribution in [3.63, 3.8) is 0 Å². The molecule has 12 heteroatoms. The summed E-state index contributed by atoms with van der Waals surface area (Å²) >= 11 is 8.71. The maximum atomic E-state index is 12.7. The standard InChI is InChI=1S/C27H27BrN4O6S/c1-5-11-37-25-19(28)12-17(13-21(25)35-4)14-29-32-22(33)15-38-20-10-8-7-9-18(20)24-23(26(34)36-6-2)16(3)30-27(39)31-24/h1,7-10,12-14,24H,6,11,15H2,2-4H3,(H,32,33)(H2,30,31,39)/t24-/m0/s1. The third-order valence-corrected chi connectivity index (χ3v) is 6.12. The Bertz CT molecular complexity index is 1350. The summed E-state index contributed by atoms with van der Waals surface area (Å²) in [6.07, 6.45) is 6.70. The number of hydrogen-bond donors (Lipinski definition) is 3. The number of rotatable bonds is 11. The molecule has 3 rings (SSSR count). The Morgan fingerprint density at radius 2 is 2.03 bits per heavy atom. The Morgan fingerprint density at radius 3 is 2.74 bits per heavy atom. The molecule has 39 heavy (non-hydrogen) atoms. The zero-order valence-electron chi connectivity index (χ0n) is 21.5. The van der Waals surface area contributed by atoms with Gasteiger partial charge in [0.05, 0.1) is 36.0 Å². The molecule has 2 aromatic rings. The van der Waals surface area contributed by atoms with E-state index in [1.807, 2.05) is 0 Å². The number of carbonyl (C=O) groups is 2. The van der Waals surface area contributed by atoms with Crippen molar-refractivity contribution in [1.82, 2.24) is 16.1 Å². The number of para-hydroxylation sites is 1. The molecule has 0 bridgehead atoms. The summed E-state index contributed by atoms with van der Waals surface area (Å²) in [4.78, 5) is 25.2. The molecule has 1 heterocycles. The number of esters is 1. The van der Waals surface area contributed by atoms with E-state index in [1.165, 1.54) is 13.3 Å². The SMILES string of the molecule is C#CCOc1c(Br)cc(C=NNC(=O)COc2ccccc2[C@@H]2NC(=S)NC(C)=C2C(=O)OCC)cc1OC. The van der Waals surface area contributed by atoms with E-state index in [0.717, 1.165) is 0 Å². The number of allylic oxidation sites excluding steroid dienone is 1. The number of hydrogen-bond acceptors (Lipinski definition) is 8. The van der Waals surface area contributed by atoms with E-state index in [-0.39, 0.29) is 19.8 Å². The van der Waals surface area contributed by atoms with Gasteiger partial charge in [0.25, 0.3) is 5.91 Å². The van der Waals surface area contributed by atoms with Crippen LogP contribution in [0.1, 0.15) is 31.0 Å². The van der Waals surface area contributed by atoms with Crippen LogP contribution in [-0.2, 0) is 14.3 Å². The van der Waals surface area contributed by atoms with Crippen molar-refractivity contribution in [2.45, 2.75) is 19.9 Å². The first-order valence-corrected chi connectivity index (χ1v) is 12.9. The Labute approximate surface area is 240 Å². The van der Waals surface area contributed by atoms with Gasteiger partial charge >= 0.3 is 5.97 Å². The van der Waals surface area contributed by atoms with E-state index >= 15 is 0 Å². The molecule has 0 aromatic heterocycles. The van der Waals surface area contributed by atoms with E-state index in [2.05, 4.69) is 43.0 Å². The molecule has 0 unspecified atom stereocenters. The molecule has 0 saturated heterocycles. The zero-order valence-corrected chi connectivity index (χ0v) is 23.9. The molecule has 1 amide bonds. The number of ether oxygens (including phenoxy) is 4. The molecule has 204 valence electrons. The number of halogens is 1. The van der Waals surface area contributed by atoms with Crippen LogP contribution in [0.4, 0.5) is 0 Å². The van der Waals surface area contributed by atoms with E-state index in [9.17, 15) is 9.59 Å². The van der Waals surface area contributed by atoms with Gasteiger partial charge in [0.15, 0.2) is 23.2 Å². The third kappa shape index (κ3) is 7.72. The summed E-state index contributed by atoms with van der Waals surface area (Å²) in [6.45, 7) is 3.46. The number of thiocarbonyl (C=S) groups is 1. The second-order valence-corrected chi connectivity index (χ2v) is 9.20. The lowest BCUT2D eigenvalue weighted by Gasteiger charge is -2.30. The van der Waals surface area contributed by atoms with E-state index in [4.69, 9.17) is 37.6 Å². The minimum absolute atomic E-state index is 0.0853. The van der Waals surface area contributed by atoms with Gasteiger partial charge < -0.3 is 29.6 Å². The maximum absolute atomic E-state index is 12.7. The highest BCUT2D eigenvalue weighted by Gasteiger charge is 2.32. The lowest BCUT2D eigenvalue weighted by atomic mass is 9.95. The van der Waals surface area contributed by atoms with Crippen LogP contribution in [0, 0.1) is 12.3 Å². The smallest absolute Gasteiger partial charge is 0.338 e. The monoisotopic (exact) mass is 614 g/mol. The molecular formula is C27H27BrN4O6S. The third-order valence-electron chi connectivity index (χ3n) is 5.31. The molecule has 1 aliphatic rings. The Hall–Kier alpha value is -4.08. The molecule has 0 radical (unpaired) electrons. The van der Waals surface area contributed by atoms with Crippen molar-refractivity contribution in [3.8, 4) is 29.6 Å². The average Bonchev–Trinajstić information content (AvgIpc) is 2.90. The lowest BCUT2D eigenvalue weighted by molar-refractivity contribution is -0.139. The zero-order chi connectivity index (χ0) is 28.4. The maximum Gasteiger partial charge on any atom is 0.338 e. The number of carbonyl (C=O) groups excluding carboxylic acids is 2. The second-order valence-electron chi connectivity index (χ2n) is 7.94. The van der Waals surface area contributed by atoms with Crippen LogP contribution < -0.4 is 30.3 Å². The first-order chi connectivity index (χ1) is 18.8. The van der Waals surface area contributed by atoms with Crippen molar-refractivity contribution >= 4 is 51.4 Å². The molecular weight excluding hydrogens is 588 g/mol. The molecule has 0 aliphatic carbocycles. The van der Waals surface area contributed by atoms with Gasteiger partial charge in [-0.25, -0.2) is 10.2 Å². The van der Waals surface area contributed by atoms with E-state index in [1.54, 1.807) is 50.2 Å². The highest BCUT2D eigenvalue weighted by molar-refractivity contribution is 9.10. The van der Waals surface area contributed by atoms with Crippen molar-refractivity contribution in [2.24, 2.45) is 5.10 Å². The molecule has 2 aromatic carbocycles. The summed E-state index contributed by atoms with van der Waals surface area (Å²) in [6, 6.07) is 9.84. The number of nitrogens with one attached hydrogen (secondary N) is 3. The van der Waals surface area contributed by atoms with Crippen molar-refractivity contribution in [2.75, 3.05) is 26.9 Å². The van der Waals surface area contributed by atoms with Crippen molar-refractivity contribution in [1.29, 1.82) is 0 Å². The topological polar surface area (TPSA) is 120 Å². The number of methoxy groups -OCH3 is 1. The summed E-state index contributed by atoms with van der Waals surface area (Å²) in [7, 11) is 1.50. The molecule has 0 saturated carbocycles. The Balaban J connectivity index is 1.69.